The maximum absolute atomic E-state index is 6.04. The van der Waals surface area contributed by atoms with Crippen molar-refractivity contribution < 1.29 is 4.74 Å². The summed E-state index contributed by atoms with van der Waals surface area (Å²) in [4.78, 5) is 0. The van der Waals surface area contributed by atoms with Gasteiger partial charge in [-0.15, -0.1) is 0 Å². The highest BCUT2D eigenvalue weighted by Crippen LogP contribution is 2.31. The number of benzene rings is 1. The summed E-state index contributed by atoms with van der Waals surface area (Å²) in [5.74, 6) is 0.808. The van der Waals surface area contributed by atoms with Crippen LogP contribution in [-0.2, 0) is 12.8 Å². The van der Waals surface area contributed by atoms with Crippen molar-refractivity contribution in [1.82, 2.24) is 0 Å². The van der Waals surface area contributed by atoms with E-state index in [2.05, 4.69) is 12.1 Å². The van der Waals surface area contributed by atoms with Gasteiger partial charge in [-0.05, 0) is 48.9 Å². The lowest BCUT2D eigenvalue weighted by molar-refractivity contribution is 0.414. The second-order valence-electron chi connectivity index (χ2n) is 3.46. The molecule has 0 radical (unpaired) electrons. The summed E-state index contributed by atoms with van der Waals surface area (Å²) in [6, 6.07) is 4.13. The average molecular weight is 197 g/mol. The van der Waals surface area contributed by atoms with Gasteiger partial charge in [-0.2, -0.15) is 0 Å². The Morgan fingerprint density at radius 3 is 2.38 bits per heavy atom. The van der Waals surface area contributed by atoms with E-state index in [1.165, 1.54) is 36.8 Å². The SMILES string of the molecule is COc1cc2c(cc1Cl)CCCC2. The van der Waals surface area contributed by atoms with Crippen LogP contribution in [0, 0.1) is 0 Å². The van der Waals surface area contributed by atoms with Gasteiger partial charge in [0.05, 0.1) is 12.1 Å². The van der Waals surface area contributed by atoms with Crippen LogP contribution in [0.2, 0.25) is 5.02 Å². The highest BCUT2D eigenvalue weighted by molar-refractivity contribution is 6.32. The molecule has 1 aromatic rings. The van der Waals surface area contributed by atoms with Crippen molar-refractivity contribution in [2.45, 2.75) is 25.7 Å². The van der Waals surface area contributed by atoms with Crippen molar-refractivity contribution in [3.8, 4) is 5.75 Å². The van der Waals surface area contributed by atoms with E-state index in [0.717, 1.165) is 10.8 Å². The molecule has 13 heavy (non-hydrogen) atoms. The molecule has 1 aromatic carbocycles. The molecule has 0 amide bonds. The van der Waals surface area contributed by atoms with Crippen molar-refractivity contribution in [2.75, 3.05) is 7.11 Å². The minimum atomic E-state index is 0.739. The van der Waals surface area contributed by atoms with Crippen molar-refractivity contribution in [1.29, 1.82) is 0 Å². The van der Waals surface area contributed by atoms with Gasteiger partial charge in [0.1, 0.15) is 5.75 Å². The molecule has 0 fully saturated rings. The van der Waals surface area contributed by atoms with E-state index in [4.69, 9.17) is 16.3 Å². The number of hydrogen-bond acceptors (Lipinski definition) is 1. The predicted octanol–water partition coefficient (Wildman–Crippen LogP) is 3.23. The van der Waals surface area contributed by atoms with Crippen LogP contribution < -0.4 is 4.74 Å². The van der Waals surface area contributed by atoms with Gasteiger partial charge in [0.2, 0.25) is 0 Å². The molecule has 2 rings (SSSR count). The van der Waals surface area contributed by atoms with Crippen molar-refractivity contribution in [3.63, 3.8) is 0 Å². The Morgan fingerprint density at radius 2 is 1.77 bits per heavy atom. The minimum absolute atomic E-state index is 0.739. The second-order valence-corrected chi connectivity index (χ2v) is 3.87. The molecule has 0 aromatic heterocycles. The Balaban J connectivity index is 2.44. The van der Waals surface area contributed by atoms with Crippen LogP contribution in [0.3, 0.4) is 0 Å². The first-order chi connectivity index (χ1) is 6.31. The number of methoxy groups -OCH3 is 1. The van der Waals surface area contributed by atoms with Gasteiger partial charge in [-0.3, -0.25) is 0 Å². The van der Waals surface area contributed by atoms with E-state index in [0.29, 0.717) is 0 Å². The quantitative estimate of drug-likeness (QED) is 0.670. The van der Waals surface area contributed by atoms with Crippen molar-refractivity contribution in [2.24, 2.45) is 0 Å². The highest BCUT2D eigenvalue weighted by Gasteiger charge is 2.12. The Morgan fingerprint density at radius 1 is 1.15 bits per heavy atom. The molecule has 0 N–H and O–H groups in total. The molecular formula is C11H13ClO. The highest BCUT2D eigenvalue weighted by atomic mass is 35.5. The standard InChI is InChI=1S/C11H13ClO/c1-13-11-7-9-5-3-2-4-8(9)6-10(11)12/h6-7H,2-5H2,1H3. The predicted molar refractivity (Wildman–Crippen MR) is 54.6 cm³/mol. The van der Waals surface area contributed by atoms with E-state index in [1.807, 2.05) is 0 Å². The van der Waals surface area contributed by atoms with E-state index in [9.17, 15) is 0 Å². The van der Waals surface area contributed by atoms with Crippen molar-refractivity contribution >= 4 is 11.6 Å². The topological polar surface area (TPSA) is 9.23 Å². The molecule has 2 heteroatoms. The molecule has 0 saturated carbocycles. The van der Waals surface area contributed by atoms with E-state index in [-0.39, 0.29) is 0 Å². The zero-order valence-corrected chi connectivity index (χ0v) is 8.53. The molecule has 0 atom stereocenters. The summed E-state index contributed by atoms with van der Waals surface area (Å²) in [5.41, 5.74) is 2.81. The zero-order chi connectivity index (χ0) is 9.26. The number of halogens is 1. The summed E-state index contributed by atoms with van der Waals surface area (Å²) < 4.78 is 5.18. The van der Waals surface area contributed by atoms with Crippen LogP contribution in [-0.4, -0.2) is 7.11 Å². The van der Waals surface area contributed by atoms with Gasteiger partial charge >= 0.3 is 0 Å². The second kappa shape index (κ2) is 3.59. The summed E-state index contributed by atoms with van der Waals surface area (Å²) in [7, 11) is 1.66. The molecule has 0 saturated heterocycles. The lowest BCUT2D eigenvalue weighted by Crippen LogP contribution is -2.02. The van der Waals surface area contributed by atoms with Crippen molar-refractivity contribution in [3.05, 3.63) is 28.3 Å². The molecule has 70 valence electrons. The monoisotopic (exact) mass is 196 g/mol. The lowest BCUT2D eigenvalue weighted by Gasteiger charge is -2.17. The summed E-state index contributed by atoms with van der Waals surface area (Å²) in [6.45, 7) is 0. The fourth-order valence-electron chi connectivity index (χ4n) is 1.89. The molecule has 0 bridgehead atoms. The lowest BCUT2D eigenvalue weighted by atomic mass is 9.92. The molecule has 0 aliphatic heterocycles. The molecule has 1 aliphatic carbocycles. The summed E-state index contributed by atoms with van der Waals surface area (Å²) >= 11 is 6.04. The molecule has 1 nitrogen and oxygen atoms in total. The maximum atomic E-state index is 6.04. The van der Waals surface area contributed by atoms with E-state index >= 15 is 0 Å². The Bertz CT molecular complexity index is 320. The third-order valence-corrected chi connectivity index (χ3v) is 2.91. The fraction of sp³-hybridized carbons (Fsp3) is 0.455. The maximum Gasteiger partial charge on any atom is 0.137 e. The Kier molecular flexibility index (Phi) is 2.45. The Labute approximate surface area is 83.7 Å². The normalized spacial score (nSPS) is 15.2. The van der Waals surface area contributed by atoms with Gasteiger partial charge in [0.25, 0.3) is 0 Å². The van der Waals surface area contributed by atoms with Crippen LogP contribution in [0.1, 0.15) is 24.0 Å². The number of rotatable bonds is 1. The number of aryl methyl sites for hydroxylation is 2. The fourth-order valence-corrected chi connectivity index (χ4v) is 2.15. The van der Waals surface area contributed by atoms with E-state index in [1.54, 1.807) is 7.11 Å². The van der Waals surface area contributed by atoms with Crippen LogP contribution >= 0.6 is 11.6 Å². The first-order valence-electron chi connectivity index (χ1n) is 4.66. The average Bonchev–Trinajstić information content (AvgIpc) is 2.17. The molecular weight excluding hydrogens is 184 g/mol. The van der Waals surface area contributed by atoms with Crippen LogP contribution in [0.5, 0.6) is 5.75 Å². The molecule has 0 heterocycles. The van der Waals surface area contributed by atoms with E-state index < -0.39 is 0 Å². The largest absolute Gasteiger partial charge is 0.495 e. The van der Waals surface area contributed by atoms with Gasteiger partial charge in [-0.25, -0.2) is 0 Å². The Hall–Kier alpha value is -0.690. The van der Waals surface area contributed by atoms with Gasteiger partial charge < -0.3 is 4.74 Å². The van der Waals surface area contributed by atoms with Crippen LogP contribution in [0.15, 0.2) is 12.1 Å². The zero-order valence-electron chi connectivity index (χ0n) is 7.77. The van der Waals surface area contributed by atoms with Gasteiger partial charge in [-0.1, -0.05) is 11.6 Å². The summed E-state index contributed by atoms with van der Waals surface area (Å²) in [5, 5.41) is 0.739. The third-order valence-electron chi connectivity index (χ3n) is 2.62. The molecule has 1 aliphatic rings. The molecule has 0 unspecified atom stereocenters. The first kappa shape index (κ1) is 8.89. The molecule has 0 spiro atoms. The number of hydrogen-bond donors (Lipinski definition) is 0. The number of ether oxygens (including phenoxy) is 1. The summed E-state index contributed by atoms with van der Waals surface area (Å²) in [6.07, 6.45) is 4.91. The van der Waals surface area contributed by atoms with Gasteiger partial charge in [0.15, 0.2) is 0 Å². The van der Waals surface area contributed by atoms with Crippen LogP contribution in [0.4, 0.5) is 0 Å². The van der Waals surface area contributed by atoms with Crippen LogP contribution in [0.25, 0.3) is 0 Å². The smallest absolute Gasteiger partial charge is 0.137 e. The minimum Gasteiger partial charge on any atom is -0.495 e. The van der Waals surface area contributed by atoms with Gasteiger partial charge in [0, 0.05) is 0 Å². The third kappa shape index (κ3) is 1.66. The first-order valence-corrected chi connectivity index (χ1v) is 5.04. The number of fused-ring (bicyclic) bond motifs is 1.